The van der Waals surface area contributed by atoms with Crippen molar-refractivity contribution in [3.8, 4) is 17.0 Å². The number of halogens is 2. The van der Waals surface area contributed by atoms with Crippen molar-refractivity contribution in [1.82, 2.24) is 15.1 Å². The third-order valence-corrected chi connectivity index (χ3v) is 8.00. The Balaban J connectivity index is 1.71. The van der Waals surface area contributed by atoms with Crippen molar-refractivity contribution in [2.75, 3.05) is 11.5 Å². The molecule has 2 aliphatic rings. The minimum atomic E-state index is -3.22. The molecule has 0 bridgehead atoms. The van der Waals surface area contributed by atoms with Crippen molar-refractivity contribution in [2.45, 2.75) is 18.5 Å². The van der Waals surface area contributed by atoms with Gasteiger partial charge >= 0.3 is 0 Å². The highest BCUT2D eigenvalue weighted by atomic mass is 35.5. The van der Waals surface area contributed by atoms with Gasteiger partial charge in [0.1, 0.15) is 17.1 Å². The second kappa shape index (κ2) is 7.25. The molecule has 1 fully saturated rings. The molecule has 0 spiro atoms. The van der Waals surface area contributed by atoms with Crippen LogP contribution >= 0.6 is 23.2 Å². The number of benzene rings is 2. The molecular formula is C21H17Cl2N3O4S. The van der Waals surface area contributed by atoms with Crippen LogP contribution in [0.15, 0.2) is 42.5 Å². The van der Waals surface area contributed by atoms with Crippen molar-refractivity contribution in [3.63, 3.8) is 0 Å². The molecule has 2 aromatic carbocycles. The number of rotatable bonds is 3. The van der Waals surface area contributed by atoms with E-state index < -0.39 is 21.9 Å². The number of fused-ring (bicyclic) bond motifs is 1. The smallest absolute Gasteiger partial charge is 0.273 e. The van der Waals surface area contributed by atoms with Gasteiger partial charge < -0.3 is 10.0 Å². The number of amides is 1. The summed E-state index contributed by atoms with van der Waals surface area (Å²) in [6.45, 7) is 0. The number of hydrogen-bond donors (Lipinski definition) is 2. The predicted molar refractivity (Wildman–Crippen MR) is 117 cm³/mol. The zero-order valence-corrected chi connectivity index (χ0v) is 18.4. The summed E-state index contributed by atoms with van der Waals surface area (Å²) in [6, 6.07) is 10.6. The van der Waals surface area contributed by atoms with Crippen molar-refractivity contribution in [1.29, 1.82) is 0 Å². The zero-order valence-electron chi connectivity index (χ0n) is 16.0. The van der Waals surface area contributed by atoms with Gasteiger partial charge in [0.2, 0.25) is 0 Å². The molecule has 2 atom stereocenters. The molecule has 1 aromatic heterocycles. The Kier molecular flexibility index (Phi) is 4.76. The molecule has 1 saturated heterocycles. The molecule has 2 N–H and O–H groups in total. The monoisotopic (exact) mass is 477 g/mol. The van der Waals surface area contributed by atoms with Crippen LogP contribution in [0.2, 0.25) is 10.0 Å². The highest BCUT2D eigenvalue weighted by Gasteiger charge is 2.48. The molecule has 1 amide bonds. The Morgan fingerprint density at radius 3 is 2.61 bits per heavy atom. The number of aromatic hydroxyl groups is 1. The number of hydrogen-bond acceptors (Lipinski definition) is 5. The maximum absolute atomic E-state index is 13.4. The first-order valence-electron chi connectivity index (χ1n) is 9.61. The summed E-state index contributed by atoms with van der Waals surface area (Å²) in [5.74, 6) is -0.413. The van der Waals surface area contributed by atoms with Crippen molar-refractivity contribution in [3.05, 3.63) is 69.3 Å². The number of carbonyl (C=O) groups is 1. The number of phenols is 1. The first-order valence-corrected chi connectivity index (χ1v) is 12.2. The lowest BCUT2D eigenvalue weighted by Gasteiger charge is -2.31. The minimum Gasteiger partial charge on any atom is -0.507 e. The van der Waals surface area contributed by atoms with Gasteiger partial charge in [-0.3, -0.25) is 9.89 Å². The van der Waals surface area contributed by atoms with E-state index in [9.17, 15) is 18.3 Å². The first kappa shape index (κ1) is 20.4. The minimum absolute atomic E-state index is 0.0297. The molecule has 2 unspecified atom stereocenters. The fraction of sp³-hybridized carbons (Fsp3) is 0.238. The number of nitrogens with one attached hydrogen (secondary N) is 1. The molecule has 0 radical (unpaired) electrons. The lowest BCUT2D eigenvalue weighted by Crippen LogP contribution is -2.40. The van der Waals surface area contributed by atoms with Gasteiger partial charge in [-0.15, -0.1) is 0 Å². The summed E-state index contributed by atoms with van der Waals surface area (Å²) in [5, 5.41) is 18.4. The van der Waals surface area contributed by atoms with Crippen molar-refractivity contribution >= 4 is 38.9 Å². The second-order valence-electron chi connectivity index (χ2n) is 7.75. The van der Waals surface area contributed by atoms with Gasteiger partial charge in [-0.1, -0.05) is 35.3 Å². The summed E-state index contributed by atoms with van der Waals surface area (Å²) >= 11 is 12.4. The largest absolute Gasteiger partial charge is 0.507 e. The van der Waals surface area contributed by atoms with Crippen molar-refractivity contribution in [2.24, 2.45) is 0 Å². The van der Waals surface area contributed by atoms with Crippen LogP contribution in [0.4, 0.5) is 0 Å². The standard InChI is InChI=1S/C21H17Cl2N3O4S/c22-12-3-1-2-11(8-12)20-17-18(15-9-13(23)4-5-16(15)27)24-25-19(17)21(28)26(20)14-6-7-31(29,30)10-14/h1-5,8-9,14,20,27H,6-7,10H2,(H,24,25). The number of aromatic nitrogens is 2. The number of H-pyrrole nitrogens is 1. The molecule has 7 nitrogen and oxygen atoms in total. The van der Waals surface area contributed by atoms with Gasteiger partial charge in [0, 0.05) is 27.2 Å². The third-order valence-electron chi connectivity index (χ3n) is 5.78. The molecule has 160 valence electrons. The van der Waals surface area contributed by atoms with E-state index in [-0.39, 0.29) is 28.9 Å². The Bertz CT molecular complexity index is 1320. The summed E-state index contributed by atoms with van der Waals surface area (Å²) in [5.41, 5.74) is 2.33. The molecule has 31 heavy (non-hydrogen) atoms. The number of aromatic amines is 1. The number of nitrogens with zero attached hydrogens (tertiary/aromatic N) is 2. The van der Waals surface area contributed by atoms with Crippen LogP contribution in [0.1, 0.15) is 34.1 Å². The maximum Gasteiger partial charge on any atom is 0.273 e. The van der Waals surface area contributed by atoms with Gasteiger partial charge in [-0.2, -0.15) is 5.10 Å². The molecule has 0 saturated carbocycles. The SMILES string of the molecule is O=C1c2[nH]nc(-c3cc(Cl)ccc3O)c2C(c2cccc(Cl)c2)N1C1CCS(=O)(=O)C1. The molecule has 5 rings (SSSR count). The van der Waals surface area contributed by atoms with Gasteiger partial charge in [0.15, 0.2) is 9.84 Å². The highest BCUT2D eigenvalue weighted by molar-refractivity contribution is 7.91. The average molecular weight is 478 g/mol. The van der Waals surface area contributed by atoms with Gasteiger partial charge in [0.25, 0.3) is 5.91 Å². The molecule has 3 aromatic rings. The van der Waals surface area contributed by atoms with Crippen LogP contribution < -0.4 is 0 Å². The molecular weight excluding hydrogens is 461 g/mol. The second-order valence-corrected chi connectivity index (χ2v) is 10.9. The Hall–Kier alpha value is -2.55. The van der Waals surface area contributed by atoms with E-state index in [0.29, 0.717) is 33.3 Å². The molecule has 10 heteroatoms. The fourth-order valence-electron chi connectivity index (χ4n) is 4.44. The highest BCUT2D eigenvalue weighted by Crippen LogP contribution is 2.47. The van der Waals surface area contributed by atoms with E-state index in [4.69, 9.17) is 23.2 Å². The van der Waals surface area contributed by atoms with E-state index in [1.807, 2.05) is 6.07 Å². The van der Waals surface area contributed by atoms with E-state index in [2.05, 4.69) is 10.2 Å². The Morgan fingerprint density at radius 2 is 1.90 bits per heavy atom. The average Bonchev–Trinajstić information content (AvgIpc) is 3.37. The van der Waals surface area contributed by atoms with E-state index in [0.717, 1.165) is 5.56 Å². The maximum atomic E-state index is 13.4. The summed E-state index contributed by atoms with van der Waals surface area (Å²) < 4.78 is 24.3. The topological polar surface area (TPSA) is 103 Å². The van der Waals surface area contributed by atoms with Crippen LogP contribution in [-0.4, -0.2) is 52.1 Å². The van der Waals surface area contributed by atoms with Crippen LogP contribution in [-0.2, 0) is 9.84 Å². The number of phenolic OH excluding ortho intramolecular Hbond substituents is 1. The van der Waals surface area contributed by atoms with Gasteiger partial charge in [0.05, 0.1) is 17.5 Å². The molecule has 2 aliphatic heterocycles. The van der Waals surface area contributed by atoms with Crippen LogP contribution in [0.5, 0.6) is 5.75 Å². The summed E-state index contributed by atoms with van der Waals surface area (Å²) in [7, 11) is -3.22. The van der Waals surface area contributed by atoms with Crippen LogP contribution in [0, 0.1) is 0 Å². The lowest BCUT2D eigenvalue weighted by molar-refractivity contribution is 0.0677. The quantitative estimate of drug-likeness (QED) is 0.596. The van der Waals surface area contributed by atoms with Crippen LogP contribution in [0.25, 0.3) is 11.3 Å². The van der Waals surface area contributed by atoms with Gasteiger partial charge in [-0.05, 0) is 42.3 Å². The predicted octanol–water partition coefficient (Wildman–Crippen LogP) is 3.82. The molecule has 0 aliphatic carbocycles. The number of sulfone groups is 1. The Labute approximate surface area is 188 Å². The van der Waals surface area contributed by atoms with E-state index >= 15 is 0 Å². The fourth-order valence-corrected chi connectivity index (χ4v) is 6.53. The summed E-state index contributed by atoms with van der Waals surface area (Å²) in [6.07, 6.45) is 0.362. The first-order chi connectivity index (χ1) is 14.7. The van der Waals surface area contributed by atoms with E-state index in [1.54, 1.807) is 35.2 Å². The number of carbonyl (C=O) groups excluding carboxylic acids is 1. The van der Waals surface area contributed by atoms with Crippen LogP contribution in [0.3, 0.4) is 0 Å². The summed E-state index contributed by atoms with van der Waals surface area (Å²) in [4.78, 5) is 15.0. The zero-order chi connectivity index (χ0) is 21.9. The Morgan fingerprint density at radius 1 is 1.13 bits per heavy atom. The lowest BCUT2D eigenvalue weighted by atomic mass is 9.95. The normalized spacial score (nSPS) is 22.1. The van der Waals surface area contributed by atoms with E-state index in [1.165, 1.54) is 6.07 Å². The molecule has 3 heterocycles. The van der Waals surface area contributed by atoms with Crippen molar-refractivity contribution < 1.29 is 18.3 Å². The third kappa shape index (κ3) is 3.39. The van der Waals surface area contributed by atoms with Gasteiger partial charge in [-0.25, -0.2) is 8.42 Å².